The van der Waals surface area contributed by atoms with E-state index in [9.17, 15) is 18.0 Å². The Balaban J connectivity index is 2.48. The van der Waals surface area contributed by atoms with Gasteiger partial charge in [0.25, 0.3) is 0 Å². The summed E-state index contributed by atoms with van der Waals surface area (Å²) in [6.45, 7) is 0. The number of alkyl halides is 3. The van der Waals surface area contributed by atoms with Gasteiger partial charge in [-0.3, -0.25) is 0 Å². The summed E-state index contributed by atoms with van der Waals surface area (Å²) in [5.74, 6) is -2.47. The average Bonchev–Trinajstić information content (AvgIpc) is 2.27. The number of fused-ring (bicyclic) bond motifs is 1. The maximum atomic E-state index is 12.1. The largest absolute Gasteiger partial charge is 0.491 e. The van der Waals surface area contributed by atoms with Crippen molar-refractivity contribution in [3.63, 3.8) is 0 Å². The van der Waals surface area contributed by atoms with Crippen molar-refractivity contribution >= 4 is 22.4 Å². The molecule has 2 N–H and O–H groups in total. The fraction of sp³-hybridized carbons (Fsp3) is 0.0833. The molecule has 2 rings (SSSR count). The van der Waals surface area contributed by atoms with Crippen LogP contribution < -0.4 is 10.5 Å². The van der Waals surface area contributed by atoms with Crippen LogP contribution in [0.1, 0.15) is 0 Å². The van der Waals surface area contributed by atoms with Crippen molar-refractivity contribution in [3.8, 4) is 5.75 Å². The minimum atomic E-state index is -5.04. The number of carbonyl (C=O) groups is 1. The Morgan fingerprint density at radius 3 is 2.50 bits per heavy atom. The van der Waals surface area contributed by atoms with Crippen LogP contribution in [0.3, 0.4) is 0 Å². The van der Waals surface area contributed by atoms with Gasteiger partial charge in [-0.15, -0.1) is 0 Å². The van der Waals surface area contributed by atoms with E-state index in [4.69, 9.17) is 5.73 Å². The molecule has 6 heteroatoms. The van der Waals surface area contributed by atoms with Gasteiger partial charge in [0.1, 0.15) is 5.75 Å². The van der Waals surface area contributed by atoms with Crippen LogP contribution in [0.2, 0.25) is 0 Å². The molecule has 0 heterocycles. The molecule has 2 aromatic rings. The van der Waals surface area contributed by atoms with E-state index in [0.717, 1.165) is 0 Å². The van der Waals surface area contributed by atoms with E-state index in [1.807, 2.05) is 0 Å². The predicted octanol–water partition coefficient (Wildman–Crippen LogP) is 2.89. The molecule has 0 amide bonds. The molecule has 0 bridgehead atoms. The van der Waals surface area contributed by atoms with E-state index in [2.05, 4.69) is 4.74 Å². The highest BCUT2D eigenvalue weighted by Gasteiger charge is 2.41. The molecular weight excluding hydrogens is 247 g/mol. The van der Waals surface area contributed by atoms with Crippen molar-refractivity contribution in [2.75, 3.05) is 5.73 Å². The van der Waals surface area contributed by atoms with Gasteiger partial charge in [-0.2, -0.15) is 13.2 Å². The number of esters is 1. The van der Waals surface area contributed by atoms with Gasteiger partial charge in [0.2, 0.25) is 0 Å². The summed E-state index contributed by atoms with van der Waals surface area (Å²) in [4.78, 5) is 10.8. The lowest BCUT2D eigenvalue weighted by Crippen LogP contribution is -2.28. The summed E-state index contributed by atoms with van der Waals surface area (Å²) in [7, 11) is 0. The average molecular weight is 255 g/mol. The van der Waals surface area contributed by atoms with Crippen LogP contribution in [0.15, 0.2) is 36.4 Å². The molecular formula is C12H8F3NO2. The Morgan fingerprint density at radius 1 is 1.17 bits per heavy atom. The number of rotatable bonds is 1. The molecule has 18 heavy (non-hydrogen) atoms. The summed E-state index contributed by atoms with van der Waals surface area (Å²) in [5, 5.41) is 0.992. The number of nitrogens with two attached hydrogens (primary N) is 1. The Labute approximate surface area is 100.0 Å². The number of benzene rings is 2. The van der Waals surface area contributed by atoms with E-state index >= 15 is 0 Å². The molecule has 94 valence electrons. The van der Waals surface area contributed by atoms with Crippen LogP contribution in [-0.2, 0) is 4.79 Å². The number of hydrogen-bond donors (Lipinski definition) is 1. The number of ether oxygens (including phenoxy) is 1. The molecule has 0 aliphatic heterocycles. The first kappa shape index (κ1) is 12.2. The van der Waals surface area contributed by atoms with Gasteiger partial charge in [-0.1, -0.05) is 24.3 Å². The second-order valence-electron chi connectivity index (χ2n) is 3.63. The molecule has 0 aliphatic rings. The highest BCUT2D eigenvalue weighted by atomic mass is 19.4. The third-order valence-corrected chi connectivity index (χ3v) is 2.28. The highest BCUT2D eigenvalue weighted by Crippen LogP contribution is 2.30. The molecule has 0 saturated heterocycles. The molecule has 0 atom stereocenters. The van der Waals surface area contributed by atoms with E-state index < -0.39 is 12.1 Å². The first-order valence-corrected chi connectivity index (χ1v) is 4.95. The normalized spacial score (nSPS) is 11.5. The van der Waals surface area contributed by atoms with Crippen molar-refractivity contribution in [3.05, 3.63) is 36.4 Å². The van der Waals surface area contributed by atoms with E-state index in [0.29, 0.717) is 10.8 Å². The van der Waals surface area contributed by atoms with Gasteiger partial charge in [-0.25, -0.2) is 4.79 Å². The molecule has 3 nitrogen and oxygen atoms in total. The quantitative estimate of drug-likeness (QED) is 0.484. The van der Waals surface area contributed by atoms with E-state index in [-0.39, 0.29) is 11.4 Å². The van der Waals surface area contributed by atoms with Crippen molar-refractivity contribution < 1.29 is 22.7 Å². The van der Waals surface area contributed by atoms with Crippen molar-refractivity contribution in [2.45, 2.75) is 6.18 Å². The van der Waals surface area contributed by atoms with Gasteiger partial charge >= 0.3 is 12.1 Å². The monoisotopic (exact) mass is 255 g/mol. The lowest BCUT2D eigenvalue weighted by atomic mass is 10.1. The fourth-order valence-corrected chi connectivity index (χ4v) is 1.54. The zero-order valence-corrected chi connectivity index (χ0v) is 8.99. The molecule has 0 spiro atoms. The van der Waals surface area contributed by atoms with Gasteiger partial charge in [0.15, 0.2) is 0 Å². The van der Waals surface area contributed by atoms with Gasteiger partial charge < -0.3 is 10.5 Å². The third-order valence-electron chi connectivity index (χ3n) is 2.28. The number of carbonyl (C=O) groups excluding carboxylic acids is 1. The minimum Gasteiger partial charge on any atom is -0.419 e. The Bertz CT molecular complexity index is 608. The predicted molar refractivity (Wildman–Crippen MR) is 60.1 cm³/mol. The molecule has 0 radical (unpaired) electrons. The Hall–Kier alpha value is -2.24. The zero-order chi connectivity index (χ0) is 13.3. The lowest BCUT2D eigenvalue weighted by Gasteiger charge is -2.10. The van der Waals surface area contributed by atoms with Crippen molar-refractivity contribution in [1.82, 2.24) is 0 Å². The summed E-state index contributed by atoms with van der Waals surface area (Å²) in [6.07, 6.45) is -5.04. The maximum Gasteiger partial charge on any atom is 0.491 e. The van der Waals surface area contributed by atoms with Crippen LogP contribution in [-0.4, -0.2) is 12.1 Å². The summed E-state index contributed by atoms with van der Waals surface area (Å²) in [5.41, 5.74) is 5.76. The van der Waals surface area contributed by atoms with Crippen molar-refractivity contribution in [2.24, 2.45) is 0 Å². The van der Waals surface area contributed by atoms with Crippen LogP contribution in [0.4, 0.5) is 18.9 Å². The van der Waals surface area contributed by atoms with Gasteiger partial charge in [-0.05, 0) is 11.5 Å². The number of hydrogen-bond acceptors (Lipinski definition) is 3. The second kappa shape index (κ2) is 4.21. The lowest BCUT2D eigenvalue weighted by molar-refractivity contribution is -0.189. The van der Waals surface area contributed by atoms with Gasteiger partial charge in [0.05, 0.1) is 0 Å². The smallest absolute Gasteiger partial charge is 0.419 e. The highest BCUT2D eigenvalue weighted by molar-refractivity contribution is 5.93. The number of anilines is 1. The number of halogens is 3. The standard InChI is InChI=1S/C12H8F3NO2/c13-12(14,15)11(17)18-10-6-8(16)5-7-3-1-2-4-9(7)10/h1-6H,16H2. The first-order chi connectivity index (χ1) is 8.38. The minimum absolute atomic E-state index is 0.201. The number of nitrogen functional groups attached to an aromatic ring is 1. The summed E-state index contributed by atoms with van der Waals surface area (Å²) in [6, 6.07) is 9.32. The topological polar surface area (TPSA) is 52.3 Å². The Kier molecular flexibility index (Phi) is 2.86. The molecule has 2 aromatic carbocycles. The SMILES string of the molecule is Nc1cc(OC(=O)C(F)(F)F)c2ccccc2c1. The van der Waals surface area contributed by atoms with E-state index in [1.165, 1.54) is 6.07 Å². The molecule has 0 aromatic heterocycles. The van der Waals surface area contributed by atoms with E-state index in [1.54, 1.807) is 30.3 Å². The molecule has 0 unspecified atom stereocenters. The summed E-state index contributed by atoms with van der Waals surface area (Å²) >= 11 is 0. The van der Waals surface area contributed by atoms with Gasteiger partial charge in [0, 0.05) is 17.1 Å². The zero-order valence-electron chi connectivity index (χ0n) is 8.99. The fourth-order valence-electron chi connectivity index (χ4n) is 1.54. The van der Waals surface area contributed by atoms with Crippen LogP contribution >= 0.6 is 0 Å². The molecule has 0 fully saturated rings. The van der Waals surface area contributed by atoms with Crippen molar-refractivity contribution in [1.29, 1.82) is 0 Å². The molecule has 0 aliphatic carbocycles. The third kappa shape index (κ3) is 2.37. The van der Waals surface area contributed by atoms with Crippen LogP contribution in [0.25, 0.3) is 10.8 Å². The molecule has 0 saturated carbocycles. The maximum absolute atomic E-state index is 12.1. The van der Waals surface area contributed by atoms with Crippen LogP contribution in [0.5, 0.6) is 5.75 Å². The second-order valence-corrected chi connectivity index (χ2v) is 3.63. The summed E-state index contributed by atoms with van der Waals surface area (Å²) < 4.78 is 40.7. The first-order valence-electron chi connectivity index (χ1n) is 4.95. The Morgan fingerprint density at radius 2 is 1.83 bits per heavy atom. The van der Waals surface area contributed by atoms with Crippen LogP contribution in [0, 0.1) is 0 Å².